The highest BCUT2D eigenvalue weighted by atomic mass is 79.9. The monoisotopic (exact) mass is 495 g/mol. The highest BCUT2D eigenvalue weighted by Gasteiger charge is 2.17. The van der Waals surface area contributed by atoms with E-state index in [4.69, 9.17) is 5.73 Å². The Labute approximate surface area is 184 Å². The summed E-state index contributed by atoms with van der Waals surface area (Å²) in [5, 5.41) is 6.88. The molecule has 0 unspecified atom stereocenters. The molecule has 0 saturated heterocycles. The quantitative estimate of drug-likeness (QED) is 0.498. The van der Waals surface area contributed by atoms with Crippen LogP contribution in [0.2, 0.25) is 0 Å². The van der Waals surface area contributed by atoms with Crippen LogP contribution in [0.25, 0.3) is 5.65 Å². The molecule has 164 valence electrons. The second kappa shape index (κ2) is 9.38. The Balaban J connectivity index is 1.69. The van der Waals surface area contributed by atoms with Crippen LogP contribution in [-0.4, -0.2) is 33.0 Å². The predicted octanol–water partition coefficient (Wildman–Crippen LogP) is 3.06. The summed E-state index contributed by atoms with van der Waals surface area (Å²) >= 11 is 3.28. The molecule has 0 radical (unpaired) electrons. The molecular weight excluding hydrogens is 476 g/mol. The average molecular weight is 496 g/mol. The van der Waals surface area contributed by atoms with Gasteiger partial charge in [0.1, 0.15) is 11.3 Å². The van der Waals surface area contributed by atoms with Gasteiger partial charge in [-0.15, -0.1) is 0 Å². The molecule has 3 N–H and O–H groups in total. The number of alkyl halides is 2. The molecule has 2 amide bonds. The number of aromatic nitrogens is 3. The van der Waals surface area contributed by atoms with Gasteiger partial charge in [-0.25, -0.2) is 9.50 Å². The maximum atomic E-state index is 12.6. The number of rotatable bonds is 8. The van der Waals surface area contributed by atoms with Gasteiger partial charge in [-0.1, -0.05) is 15.9 Å². The number of ether oxygens (including phenoxy) is 1. The molecule has 11 heteroatoms. The van der Waals surface area contributed by atoms with Crippen LogP contribution < -0.4 is 15.8 Å². The van der Waals surface area contributed by atoms with E-state index >= 15 is 0 Å². The number of hydrogen-bond acceptors (Lipinski definition) is 5. The van der Waals surface area contributed by atoms with Crippen molar-refractivity contribution in [3.05, 3.63) is 56.9 Å². The molecule has 0 aliphatic carbocycles. The van der Waals surface area contributed by atoms with Gasteiger partial charge in [-0.05, 0) is 44.0 Å². The lowest BCUT2D eigenvalue weighted by Crippen LogP contribution is -2.24. The molecule has 0 spiro atoms. The summed E-state index contributed by atoms with van der Waals surface area (Å²) < 4.78 is 31.9. The van der Waals surface area contributed by atoms with E-state index < -0.39 is 12.5 Å². The first-order chi connectivity index (χ1) is 14.7. The molecule has 0 fully saturated rings. The Morgan fingerprint density at radius 2 is 2.06 bits per heavy atom. The predicted molar refractivity (Wildman–Crippen MR) is 112 cm³/mol. The lowest BCUT2D eigenvalue weighted by atomic mass is 10.1. The van der Waals surface area contributed by atoms with Crippen LogP contribution >= 0.6 is 15.9 Å². The number of amides is 2. The fourth-order valence-electron chi connectivity index (χ4n) is 3.26. The summed E-state index contributed by atoms with van der Waals surface area (Å²) in [5.41, 5.74) is 8.62. The number of fused-ring (bicyclic) bond motifs is 1. The molecule has 0 bridgehead atoms. The summed E-state index contributed by atoms with van der Waals surface area (Å²) in [5.74, 6) is -0.875. The van der Waals surface area contributed by atoms with Crippen LogP contribution in [0, 0.1) is 13.8 Å². The molecule has 31 heavy (non-hydrogen) atoms. The van der Waals surface area contributed by atoms with Crippen LogP contribution in [0.3, 0.4) is 0 Å². The zero-order valence-corrected chi connectivity index (χ0v) is 18.4. The maximum Gasteiger partial charge on any atom is 0.387 e. The summed E-state index contributed by atoms with van der Waals surface area (Å²) in [6.45, 7) is 0.688. The number of nitrogens with two attached hydrogens (primary N) is 1. The normalized spacial score (nSPS) is 11.2. The van der Waals surface area contributed by atoms with Crippen molar-refractivity contribution in [1.82, 2.24) is 19.9 Å². The first-order valence-electron chi connectivity index (χ1n) is 9.31. The van der Waals surface area contributed by atoms with E-state index in [1.807, 2.05) is 6.92 Å². The third-order valence-corrected chi connectivity index (χ3v) is 5.28. The van der Waals surface area contributed by atoms with Gasteiger partial charge in [0.05, 0.1) is 6.20 Å². The van der Waals surface area contributed by atoms with Crippen molar-refractivity contribution in [2.75, 3.05) is 0 Å². The van der Waals surface area contributed by atoms with E-state index in [1.54, 1.807) is 19.1 Å². The third kappa shape index (κ3) is 5.16. The second-order valence-electron chi connectivity index (χ2n) is 6.83. The van der Waals surface area contributed by atoms with Crippen LogP contribution in [0.15, 0.2) is 28.9 Å². The third-order valence-electron chi connectivity index (χ3n) is 4.79. The highest BCUT2D eigenvalue weighted by molar-refractivity contribution is 9.10. The molecule has 0 aliphatic heterocycles. The Kier molecular flexibility index (Phi) is 6.84. The van der Waals surface area contributed by atoms with Crippen LogP contribution in [0.4, 0.5) is 8.78 Å². The van der Waals surface area contributed by atoms with E-state index in [2.05, 4.69) is 36.1 Å². The van der Waals surface area contributed by atoms with Gasteiger partial charge < -0.3 is 15.8 Å². The number of carbonyl (C=O) groups is 2. The number of nitrogens with one attached hydrogen (secondary N) is 1. The zero-order chi connectivity index (χ0) is 22.7. The van der Waals surface area contributed by atoms with Gasteiger partial charge in [-0.3, -0.25) is 9.59 Å². The zero-order valence-electron chi connectivity index (χ0n) is 16.8. The van der Waals surface area contributed by atoms with Gasteiger partial charge in [0.15, 0.2) is 5.65 Å². The first kappa shape index (κ1) is 22.6. The van der Waals surface area contributed by atoms with E-state index in [-0.39, 0.29) is 30.2 Å². The van der Waals surface area contributed by atoms with Crippen molar-refractivity contribution in [1.29, 1.82) is 0 Å². The summed E-state index contributed by atoms with van der Waals surface area (Å²) in [6, 6.07) is 4.60. The molecule has 0 saturated carbocycles. The molecule has 2 heterocycles. The van der Waals surface area contributed by atoms with Crippen molar-refractivity contribution >= 4 is 33.4 Å². The number of hydrogen-bond donors (Lipinski definition) is 2. The number of nitrogens with zero attached hydrogens (tertiary/aromatic N) is 3. The number of primary amides is 1. The van der Waals surface area contributed by atoms with Crippen LogP contribution in [0.1, 0.15) is 39.3 Å². The fourth-order valence-corrected chi connectivity index (χ4v) is 3.67. The van der Waals surface area contributed by atoms with Crippen molar-refractivity contribution in [2.45, 2.75) is 39.8 Å². The van der Waals surface area contributed by atoms with Crippen molar-refractivity contribution < 1.29 is 23.1 Å². The fraction of sp³-hybridized carbons (Fsp3) is 0.300. The van der Waals surface area contributed by atoms with Gasteiger partial charge in [-0.2, -0.15) is 13.9 Å². The lowest BCUT2D eigenvalue weighted by Gasteiger charge is -2.13. The lowest BCUT2D eigenvalue weighted by molar-refractivity contribution is -0.121. The van der Waals surface area contributed by atoms with E-state index in [0.29, 0.717) is 27.8 Å². The Hall–Kier alpha value is -3.08. The molecule has 0 atom stereocenters. The van der Waals surface area contributed by atoms with Crippen molar-refractivity contribution in [3.8, 4) is 5.75 Å². The van der Waals surface area contributed by atoms with E-state index in [9.17, 15) is 18.4 Å². The molecule has 0 aliphatic rings. The van der Waals surface area contributed by atoms with Crippen molar-refractivity contribution in [2.24, 2.45) is 5.73 Å². The number of benzene rings is 1. The highest BCUT2D eigenvalue weighted by Crippen LogP contribution is 2.25. The summed E-state index contributed by atoms with van der Waals surface area (Å²) in [7, 11) is 0. The number of aryl methyl sites for hydroxylation is 2. The van der Waals surface area contributed by atoms with Crippen LogP contribution in [0.5, 0.6) is 5.75 Å². The van der Waals surface area contributed by atoms with Gasteiger partial charge in [0.2, 0.25) is 5.91 Å². The Morgan fingerprint density at radius 1 is 1.32 bits per heavy atom. The molecular formula is C20H20BrF2N5O3. The number of carbonyl (C=O) groups excluding carboxylic acids is 2. The summed E-state index contributed by atoms with van der Waals surface area (Å²) in [6.07, 6.45) is 1.90. The van der Waals surface area contributed by atoms with E-state index in [1.165, 1.54) is 16.8 Å². The topological polar surface area (TPSA) is 112 Å². The first-order valence-corrected chi connectivity index (χ1v) is 10.1. The molecule has 2 aromatic heterocycles. The molecule has 1 aromatic carbocycles. The number of halogens is 3. The summed E-state index contributed by atoms with van der Waals surface area (Å²) in [4.78, 5) is 28.3. The van der Waals surface area contributed by atoms with Gasteiger partial charge in [0.25, 0.3) is 5.91 Å². The maximum absolute atomic E-state index is 12.6. The minimum atomic E-state index is -2.96. The Bertz CT molecular complexity index is 1150. The molecule has 3 rings (SSSR count). The molecule has 8 nitrogen and oxygen atoms in total. The van der Waals surface area contributed by atoms with Gasteiger partial charge in [0, 0.05) is 34.4 Å². The Morgan fingerprint density at radius 3 is 2.74 bits per heavy atom. The standard InChI is InChI=1S/C20H20BrF2N5O3/c1-10-14(11(2)28-19(27-10)15(9-26-28)18(24)30)4-6-17(29)25-8-12-7-13(21)3-5-16(12)31-20(22)23/h3,5,7,9,20H,4,6,8H2,1-2H3,(H2,24,30)(H,25,29). The minimum absolute atomic E-state index is 0.00350. The average Bonchev–Trinajstić information content (AvgIpc) is 3.11. The second-order valence-corrected chi connectivity index (χ2v) is 7.74. The SMILES string of the molecule is Cc1nc2c(C(N)=O)cnn2c(C)c1CCC(=O)NCc1cc(Br)ccc1OC(F)F. The van der Waals surface area contributed by atoms with Crippen LogP contribution in [-0.2, 0) is 17.8 Å². The van der Waals surface area contributed by atoms with Gasteiger partial charge >= 0.3 is 6.61 Å². The van der Waals surface area contributed by atoms with E-state index in [0.717, 1.165) is 11.3 Å². The minimum Gasteiger partial charge on any atom is -0.434 e. The largest absolute Gasteiger partial charge is 0.434 e. The molecule has 3 aromatic rings. The smallest absolute Gasteiger partial charge is 0.387 e. The van der Waals surface area contributed by atoms with Crippen molar-refractivity contribution in [3.63, 3.8) is 0 Å².